The Morgan fingerprint density at radius 2 is 1.65 bits per heavy atom. The molecule has 6 heteroatoms. The number of carbonyl (C=O) groups excluding carboxylic acids is 3. The fourth-order valence-electron chi connectivity index (χ4n) is 3.95. The monoisotopic (exact) mass is 409 g/mol. The Balaban J connectivity index is 1.41. The van der Waals surface area contributed by atoms with Gasteiger partial charge in [0.15, 0.2) is 0 Å². The average Bonchev–Trinajstić information content (AvgIpc) is 3.28. The van der Waals surface area contributed by atoms with Crippen molar-refractivity contribution in [3.63, 3.8) is 0 Å². The van der Waals surface area contributed by atoms with Crippen LogP contribution in [0.4, 0.5) is 5.69 Å². The second-order valence-electron chi connectivity index (χ2n) is 7.56. The van der Waals surface area contributed by atoms with Gasteiger partial charge in [-0.15, -0.1) is 0 Å². The van der Waals surface area contributed by atoms with Crippen LogP contribution >= 0.6 is 0 Å². The highest BCUT2D eigenvalue weighted by Crippen LogP contribution is 2.27. The number of carbonyl (C=O) groups is 3. The normalized spacial score (nSPS) is 13.0. The Hall–Kier alpha value is -4.19. The van der Waals surface area contributed by atoms with Gasteiger partial charge in [0.25, 0.3) is 17.7 Å². The maximum Gasteiger partial charge on any atom is 0.261 e. The second kappa shape index (κ2) is 7.25. The van der Waals surface area contributed by atoms with Crippen molar-refractivity contribution in [2.45, 2.75) is 6.54 Å². The summed E-state index contributed by atoms with van der Waals surface area (Å²) in [6.07, 6.45) is 1.93. The van der Waals surface area contributed by atoms with Crippen molar-refractivity contribution < 1.29 is 14.4 Å². The molecule has 0 aliphatic carbocycles. The van der Waals surface area contributed by atoms with Crippen molar-refractivity contribution in [1.82, 2.24) is 9.47 Å². The van der Waals surface area contributed by atoms with E-state index in [0.717, 1.165) is 16.5 Å². The van der Waals surface area contributed by atoms with Gasteiger partial charge in [-0.1, -0.05) is 36.4 Å². The van der Waals surface area contributed by atoms with Gasteiger partial charge in [-0.2, -0.15) is 0 Å². The van der Waals surface area contributed by atoms with Gasteiger partial charge in [-0.05, 0) is 42.0 Å². The minimum atomic E-state index is -0.385. The van der Waals surface area contributed by atoms with E-state index in [9.17, 15) is 14.4 Å². The van der Waals surface area contributed by atoms with Gasteiger partial charge < -0.3 is 9.88 Å². The number of hydrogen-bond donors (Lipinski definition) is 1. The number of anilines is 1. The van der Waals surface area contributed by atoms with E-state index in [1.165, 1.54) is 11.0 Å². The molecule has 4 aromatic rings. The van der Waals surface area contributed by atoms with Crippen molar-refractivity contribution in [1.29, 1.82) is 0 Å². The van der Waals surface area contributed by atoms with Crippen LogP contribution in [0.25, 0.3) is 10.9 Å². The van der Waals surface area contributed by atoms with Gasteiger partial charge in [0, 0.05) is 29.7 Å². The van der Waals surface area contributed by atoms with E-state index in [1.54, 1.807) is 12.1 Å². The average molecular weight is 409 g/mol. The molecular formula is C25H19N3O3. The number of benzene rings is 3. The highest BCUT2D eigenvalue weighted by molar-refractivity contribution is 6.22. The second-order valence-corrected chi connectivity index (χ2v) is 7.56. The first-order valence-electron chi connectivity index (χ1n) is 9.92. The summed E-state index contributed by atoms with van der Waals surface area (Å²) in [5, 5.41) is 3.85. The summed E-state index contributed by atoms with van der Waals surface area (Å²) in [4.78, 5) is 39.7. The molecule has 3 aromatic carbocycles. The molecule has 6 nitrogen and oxygen atoms in total. The van der Waals surface area contributed by atoms with Crippen LogP contribution in [0.15, 0.2) is 79.0 Å². The van der Waals surface area contributed by atoms with Crippen molar-refractivity contribution in [2.24, 2.45) is 7.05 Å². The zero-order chi connectivity index (χ0) is 21.5. The Morgan fingerprint density at radius 3 is 2.45 bits per heavy atom. The first kappa shape index (κ1) is 18.8. The molecular weight excluding hydrogens is 390 g/mol. The number of amides is 3. The number of aromatic nitrogens is 1. The summed E-state index contributed by atoms with van der Waals surface area (Å²) in [6.45, 7) is 0.199. The zero-order valence-corrected chi connectivity index (χ0v) is 16.8. The predicted molar refractivity (Wildman–Crippen MR) is 118 cm³/mol. The van der Waals surface area contributed by atoms with Gasteiger partial charge >= 0.3 is 0 Å². The number of hydrogen-bond acceptors (Lipinski definition) is 3. The molecule has 152 valence electrons. The van der Waals surface area contributed by atoms with Gasteiger partial charge in [-0.3, -0.25) is 19.3 Å². The summed E-state index contributed by atoms with van der Waals surface area (Å²) in [6, 6.07) is 21.6. The molecule has 1 N–H and O–H groups in total. The molecule has 1 aliphatic heterocycles. The van der Waals surface area contributed by atoms with E-state index in [1.807, 2.05) is 72.4 Å². The predicted octanol–water partition coefficient (Wildman–Crippen LogP) is 4.23. The van der Waals surface area contributed by atoms with E-state index in [-0.39, 0.29) is 29.8 Å². The molecule has 31 heavy (non-hydrogen) atoms. The first-order chi connectivity index (χ1) is 15.0. The smallest absolute Gasteiger partial charge is 0.261 e. The molecule has 0 bridgehead atoms. The minimum absolute atomic E-state index is 0.199. The molecule has 3 amide bonds. The topological polar surface area (TPSA) is 71.4 Å². The molecule has 5 rings (SSSR count). The number of nitrogens with one attached hydrogen (secondary N) is 1. The lowest BCUT2D eigenvalue weighted by Crippen LogP contribution is -2.29. The van der Waals surface area contributed by atoms with Crippen LogP contribution in [0.3, 0.4) is 0 Å². The molecule has 0 radical (unpaired) electrons. The summed E-state index contributed by atoms with van der Waals surface area (Å²) in [5.41, 5.74) is 3.47. The quantitative estimate of drug-likeness (QED) is 0.513. The van der Waals surface area contributed by atoms with Crippen molar-refractivity contribution in [3.8, 4) is 0 Å². The summed E-state index contributed by atoms with van der Waals surface area (Å²) in [7, 11) is 1.94. The lowest BCUT2D eigenvalue weighted by Gasteiger charge is -2.13. The summed E-state index contributed by atoms with van der Waals surface area (Å²) >= 11 is 0. The maximum atomic E-state index is 12.9. The van der Waals surface area contributed by atoms with Crippen LogP contribution in [0, 0.1) is 0 Å². The Morgan fingerprint density at radius 1 is 0.871 bits per heavy atom. The molecule has 0 fully saturated rings. The Kier molecular flexibility index (Phi) is 4.40. The number of aryl methyl sites for hydroxylation is 1. The van der Waals surface area contributed by atoms with Gasteiger partial charge in [0.05, 0.1) is 23.4 Å². The molecule has 0 atom stereocenters. The molecule has 0 spiro atoms. The van der Waals surface area contributed by atoms with E-state index >= 15 is 0 Å². The first-order valence-corrected chi connectivity index (χ1v) is 9.92. The lowest BCUT2D eigenvalue weighted by atomic mass is 10.1. The number of rotatable bonds is 4. The van der Waals surface area contributed by atoms with Crippen LogP contribution < -0.4 is 5.32 Å². The Bertz CT molecular complexity index is 1360. The molecule has 0 saturated heterocycles. The number of nitrogens with zero attached hydrogens (tertiary/aromatic N) is 2. The fourth-order valence-corrected chi connectivity index (χ4v) is 3.95. The van der Waals surface area contributed by atoms with Crippen molar-refractivity contribution in [3.05, 3.63) is 101 Å². The summed E-state index contributed by atoms with van der Waals surface area (Å²) in [5.74, 6) is -1.06. The van der Waals surface area contributed by atoms with Crippen LogP contribution in [0.5, 0.6) is 0 Å². The van der Waals surface area contributed by atoms with E-state index < -0.39 is 0 Å². The molecule has 1 aliphatic rings. The highest BCUT2D eigenvalue weighted by atomic mass is 16.2. The zero-order valence-electron chi connectivity index (χ0n) is 16.8. The highest BCUT2D eigenvalue weighted by Gasteiger charge is 2.36. The van der Waals surface area contributed by atoms with Gasteiger partial charge in [-0.25, -0.2) is 0 Å². The fraction of sp³-hybridized carbons (Fsp3) is 0.0800. The largest absolute Gasteiger partial charge is 0.350 e. The summed E-state index contributed by atoms with van der Waals surface area (Å²) < 4.78 is 1.98. The number of imide groups is 1. The SMILES string of the molecule is Cn1ccc2c(NC(=O)c3ccc4c(c3)C(=O)N(Cc3ccccc3)C4=O)cccc21. The van der Waals surface area contributed by atoms with Crippen LogP contribution in [0.1, 0.15) is 36.6 Å². The van der Waals surface area contributed by atoms with Crippen LogP contribution in [-0.4, -0.2) is 27.2 Å². The van der Waals surface area contributed by atoms with Crippen molar-refractivity contribution >= 4 is 34.3 Å². The third-order valence-electron chi connectivity index (χ3n) is 5.59. The van der Waals surface area contributed by atoms with E-state index in [2.05, 4.69) is 5.32 Å². The van der Waals surface area contributed by atoms with E-state index in [4.69, 9.17) is 0 Å². The molecule has 1 aromatic heterocycles. The lowest BCUT2D eigenvalue weighted by molar-refractivity contribution is 0.0642. The molecule has 2 heterocycles. The van der Waals surface area contributed by atoms with Gasteiger partial charge in [0.1, 0.15) is 0 Å². The minimum Gasteiger partial charge on any atom is -0.350 e. The number of fused-ring (bicyclic) bond motifs is 2. The van der Waals surface area contributed by atoms with Crippen LogP contribution in [0.2, 0.25) is 0 Å². The van der Waals surface area contributed by atoms with Gasteiger partial charge in [0.2, 0.25) is 0 Å². The maximum absolute atomic E-state index is 12.9. The third-order valence-corrected chi connectivity index (χ3v) is 5.59. The Labute approximate surface area is 178 Å². The third kappa shape index (κ3) is 3.18. The van der Waals surface area contributed by atoms with E-state index in [0.29, 0.717) is 16.8 Å². The van der Waals surface area contributed by atoms with Crippen LogP contribution in [-0.2, 0) is 13.6 Å². The molecule has 0 saturated carbocycles. The molecule has 0 unspecified atom stereocenters. The van der Waals surface area contributed by atoms with Crippen molar-refractivity contribution in [2.75, 3.05) is 5.32 Å². The standard InChI is InChI=1S/C25H19N3O3/c1-27-13-12-19-21(8-5-9-22(19)27)26-23(29)17-10-11-18-20(14-17)25(31)28(24(18)30)15-16-6-3-2-4-7-16/h2-14H,15H2,1H3,(H,26,29).